The van der Waals surface area contributed by atoms with Gasteiger partial charge in [0.15, 0.2) is 0 Å². The smallest absolute Gasteiger partial charge is 0.256 e. The zero-order valence-electron chi connectivity index (χ0n) is 11.2. The summed E-state index contributed by atoms with van der Waals surface area (Å²) in [5.74, 6) is 0.562. The van der Waals surface area contributed by atoms with Crippen molar-refractivity contribution >= 4 is 16.8 Å². The average molecular weight is 289 g/mol. The summed E-state index contributed by atoms with van der Waals surface area (Å²) in [6, 6.07) is 17.4. The highest BCUT2D eigenvalue weighted by atomic mass is 35.5. The van der Waals surface area contributed by atoms with Crippen molar-refractivity contribution in [3.8, 4) is 5.75 Å². The fourth-order valence-electron chi connectivity index (χ4n) is 2.01. The van der Waals surface area contributed by atoms with Crippen LogP contribution in [0.2, 0.25) is 0 Å². The van der Waals surface area contributed by atoms with Crippen LogP contribution in [0.4, 0.5) is 0 Å². The fraction of sp³-hybridized carbons (Fsp3) is 0.235. The van der Waals surface area contributed by atoms with E-state index in [1.165, 1.54) is 5.56 Å². The molecule has 0 saturated carbocycles. The number of halogens is 1. The first-order valence-corrected chi connectivity index (χ1v) is 7.11. The molecule has 0 bridgehead atoms. The topological polar surface area (TPSA) is 26.3 Å². The number of para-hydroxylation sites is 1. The maximum Gasteiger partial charge on any atom is 0.256 e. The quantitative estimate of drug-likeness (QED) is 0.555. The number of carbonyl (C=O) groups is 1. The molecule has 3 heteroatoms. The number of aryl methyl sites for hydroxylation is 1. The largest absolute Gasteiger partial charge is 0.493 e. The highest BCUT2D eigenvalue weighted by molar-refractivity contribution is 6.68. The average Bonchev–Trinajstić information content (AvgIpc) is 2.48. The number of unbranched alkanes of at least 4 members (excludes halogenated alkanes) is 1. The highest BCUT2D eigenvalue weighted by Crippen LogP contribution is 2.20. The lowest BCUT2D eigenvalue weighted by Gasteiger charge is -2.08. The number of hydrogen-bond acceptors (Lipinski definition) is 2. The van der Waals surface area contributed by atoms with Crippen LogP contribution in [0, 0.1) is 0 Å². The van der Waals surface area contributed by atoms with Gasteiger partial charge in [0.1, 0.15) is 5.75 Å². The Bertz CT molecular complexity index is 552. The summed E-state index contributed by atoms with van der Waals surface area (Å²) in [5, 5.41) is -0.482. The SMILES string of the molecule is O=C(Cl)c1ccccc1OCCCCc1ccccc1. The van der Waals surface area contributed by atoms with Gasteiger partial charge in [0.2, 0.25) is 0 Å². The van der Waals surface area contributed by atoms with E-state index in [2.05, 4.69) is 12.1 Å². The van der Waals surface area contributed by atoms with Crippen LogP contribution in [-0.2, 0) is 6.42 Å². The van der Waals surface area contributed by atoms with E-state index >= 15 is 0 Å². The molecule has 0 fully saturated rings. The number of hydrogen-bond donors (Lipinski definition) is 0. The third-order valence-corrected chi connectivity index (χ3v) is 3.26. The van der Waals surface area contributed by atoms with E-state index in [0.717, 1.165) is 19.3 Å². The second-order valence-electron chi connectivity index (χ2n) is 4.56. The van der Waals surface area contributed by atoms with Crippen LogP contribution < -0.4 is 4.74 Å². The van der Waals surface area contributed by atoms with Crippen molar-refractivity contribution in [1.29, 1.82) is 0 Å². The van der Waals surface area contributed by atoms with E-state index in [-0.39, 0.29) is 0 Å². The minimum absolute atomic E-state index is 0.428. The van der Waals surface area contributed by atoms with Crippen molar-refractivity contribution in [3.63, 3.8) is 0 Å². The van der Waals surface area contributed by atoms with Crippen molar-refractivity contribution in [2.24, 2.45) is 0 Å². The monoisotopic (exact) mass is 288 g/mol. The number of rotatable bonds is 7. The first kappa shape index (κ1) is 14.6. The Balaban J connectivity index is 1.75. The van der Waals surface area contributed by atoms with E-state index in [1.54, 1.807) is 18.2 Å². The Kier molecular flexibility index (Phi) is 5.63. The van der Waals surface area contributed by atoms with Crippen LogP contribution in [0.3, 0.4) is 0 Å². The van der Waals surface area contributed by atoms with Crippen LogP contribution in [0.5, 0.6) is 5.75 Å². The van der Waals surface area contributed by atoms with Gasteiger partial charge in [0, 0.05) is 0 Å². The Morgan fingerprint density at radius 2 is 1.65 bits per heavy atom. The van der Waals surface area contributed by atoms with Gasteiger partial charge >= 0.3 is 0 Å². The lowest BCUT2D eigenvalue weighted by molar-refractivity contribution is 0.107. The van der Waals surface area contributed by atoms with Crippen LogP contribution in [0.25, 0.3) is 0 Å². The first-order valence-electron chi connectivity index (χ1n) is 6.73. The van der Waals surface area contributed by atoms with Crippen LogP contribution in [-0.4, -0.2) is 11.8 Å². The van der Waals surface area contributed by atoms with Crippen molar-refractivity contribution < 1.29 is 9.53 Å². The summed E-state index contributed by atoms with van der Waals surface area (Å²) in [4.78, 5) is 11.2. The van der Waals surface area contributed by atoms with E-state index in [4.69, 9.17) is 16.3 Å². The molecule has 0 N–H and O–H groups in total. The number of ether oxygens (including phenoxy) is 1. The molecule has 0 heterocycles. The maximum atomic E-state index is 11.2. The van der Waals surface area contributed by atoms with E-state index in [9.17, 15) is 4.79 Å². The van der Waals surface area contributed by atoms with Gasteiger partial charge in [-0.1, -0.05) is 42.5 Å². The van der Waals surface area contributed by atoms with Gasteiger partial charge in [-0.15, -0.1) is 0 Å². The van der Waals surface area contributed by atoms with E-state index in [0.29, 0.717) is 17.9 Å². The van der Waals surface area contributed by atoms with Gasteiger partial charge in [0.05, 0.1) is 12.2 Å². The molecule has 2 aromatic rings. The molecule has 0 amide bonds. The number of carbonyl (C=O) groups excluding carboxylic acids is 1. The van der Waals surface area contributed by atoms with Gasteiger partial charge in [-0.05, 0) is 48.6 Å². The molecule has 2 rings (SSSR count). The Morgan fingerprint density at radius 1 is 0.950 bits per heavy atom. The summed E-state index contributed by atoms with van der Waals surface area (Å²) < 4.78 is 5.63. The molecule has 0 atom stereocenters. The molecule has 0 spiro atoms. The minimum Gasteiger partial charge on any atom is -0.493 e. The summed E-state index contributed by atoms with van der Waals surface area (Å²) >= 11 is 5.51. The molecule has 2 aromatic carbocycles. The summed E-state index contributed by atoms with van der Waals surface area (Å²) in [6.45, 7) is 0.591. The summed E-state index contributed by atoms with van der Waals surface area (Å²) in [5.41, 5.74) is 1.76. The van der Waals surface area contributed by atoms with Crippen LogP contribution in [0.1, 0.15) is 28.8 Å². The molecule has 0 aliphatic carbocycles. The lowest BCUT2D eigenvalue weighted by atomic mass is 10.1. The van der Waals surface area contributed by atoms with Gasteiger partial charge in [-0.25, -0.2) is 0 Å². The van der Waals surface area contributed by atoms with Gasteiger partial charge in [-0.2, -0.15) is 0 Å². The third-order valence-electron chi connectivity index (χ3n) is 3.06. The molecule has 20 heavy (non-hydrogen) atoms. The minimum atomic E-state index is -0.482. The second kappa shape index (κ2) is 7.71. The third kappa shape index (κ3) is 4.39. The predicted octanol–water partition coefficient (Wildman–Crippen LogP) is 4.47. The molecule has 0 aromatic heterocycles. The van der Waals surface area contributed by atoms with Gasteiger partial charge < -0.3 is 4.74 Å². The zero-order valence-corrected chi connectivity index (χ0v) is 12.0. The lowest BCUT2D eigenvalue weighted by Crippen LogP contribution is -2.02. The van der Waals surface area contributed by atoms with Crippen molar-refractivity contribution in [1.82, 2.24) is 0 Å². The van der Waals surface area contributed by atoms with Crippen molar-refractivity contribution in [2.45, 2.75) is 19.3 Å². The molecule has 2 nitrogen and oxygen atoms in total. The number of benzene rings is 2. The molecule has 0 aliphatic heterocycles. The van der Waals surface area contributed by atoms with Crippen LogP contribution >= 0.6 is 11.6 Å². The first-order chi connectivity index (χ1) is 9.77. The molecular formula is C17H17ClO2. The molecule has 0 radical (unpaired) electrons. The highest BCUT2D eigenvalue weighted by Gasteiger charge is 2.08. The normalized spacial score (nSPS) is 10.2. The Labute approximate surface area is 124 Å². The summed E-state index contributed by atoms with van der Waals surface area (Å²) in [6.07, 6.45) is 3.04. The van der Waals surface area contributed by atoms with Crippen molar-refractivity contribution in [3.05, 3.63) is 65.7 Å². The second-order valence-corrected chi connectivity index (χ2v) is 4.90. The van der Waals surface area contributed by atoms with E-state index < -0.39 is 5.24 Å². The molecule has 0 unspecified atom stereocenters. The van der Waals surface area contributed by atoms with Gasteiger partial charge in [-0.3, -0.25) is 4.79 Å². The molecule has 0 aliphatic rings. The van der Waals surface area contributed by atoms with E-state index in [1.807, 2.05) is 24.3 Å². The Hall–Kier alpha value is -1.80. The summed E-state index contributed by atoms with van der Waals surface area (Å²) in [7, 11) is 0. The standard InChI is InChI=1S/C17H17ClO2/c18-17(19)15-11-4-5-12-16(15)20-13-7-6-10-14-8-2-1-3-9-14/h1-5,8-9,11-12H,6-7,10,13H2. The predicted molar refractivity (Wildman–Crippen MR) is 81.5 cm³/mol. The van der Waals surface area contributed by atoms with Crippen LogP contribution in [0.15, 0.2) is 54.6 Å². The molecule has 0 saturated heterocycles. The molecule has 104 valence electrons. The maximum absolute atomic E-state index is 11.2. The van der Waals surface area contributed by atoms with Crippen molar-refractivity contribution in [2.75, 3.05) is 6.61 Å². The zero-order chi connectivity index (χ0) is 14.2. The molecular weight excluding hydrogens is 272 g/mol. The fourth-order valence-corrected chi connectivity index (χ4v) is 2.17. The Morgan fingerprint density at radius 3 is 2.40 bits per heavy atom. The van der Waals surface area contributed by atoms with Gasteiger partial charge in [0.25, 0.3) is 5.24 Å².